The summed E-state index contributed by atoms with van der Waals surface area (Å²) in [6.07, 6.45) is 1.08. The van der Waals surface area contributed by atoms with Crippen molar-refractivity contribution < 1.29 is 19.0 Å². The molecule has 0 unspecified atom stereocenters. The van der Waals surface area contributed by atoms with Crippen molar-refractivity contribution in [3.8, 4) is 17.2 Å². The van der Waals surface area contributed by atoms with Gasteiger partial charge in [0.05, 0.1) is 14.2 Å². The molecule has 0 spiro atoms. The molecule has 0 aliphatic carbocycles. The molecule has 0 bridgehead atoms. The topological polar surface area (TPSA) is 44.8 Å². The third-order valence-electron chi connectivity index (χ3n) is 1.75. The summed E-state index contributed by atoms with van der Waals surface area (Å²) in [6, 6.07) is 4.94. The second-order valence-corrected chi connectivity index (χ2v) is 2.64. The average Bonchev–Trinajstić information content (AvgIpc) is 2.28. The SMILES string of the molecule is C=CC(=O)Oc1cc(OC)ccc1OC. The Balaban J connectivity index is 3.00. The minimum absolute atomic E-state index is 0.307. The predicted octanol–water partition coefficient (Wildman–Crippen LogP) is 1.80. The molecule has 0 saturated heterocycles. The van der Waals surface area contributed by atoms with Crippen LogP contribution in [0, 0.1) is 0 Å². The monoisotopic (exact) mass is 208 g/mol. The second kappa shape index (κ2) is 5.05. The minimum atomic E-state index is -0.540. The van der Waals surface area contributed by atoms with Gasteiger partial charge in [0.25, 0.3) is 0 Å². The molecule has 0 amide bonds. The van der Waals surface area contributed by atoms with Gasteiger partial charge in [0.15, 0.2) is 11.5 Å². The molecular formula is C11H12O4. The second-order valence-electron chi connectivity index (χ2n) is 2.64. The zero-order chi connectivity index (χ0) is 11.3. The molecule has 0 aliphatic rings. The van der Waals surface area contributed by atoms with Crippen LogP contribution in [-0.4, -0.2) is 20.2 Å². The van der Waals surface area contributed by atoms with Crippen LogP contribution >= 0.6 is 0 Å². The summed E-state index contributed by atoms with van der Waals surface area (Å²) in [7, 11) is 3.02. The molecule has 1 rings (SSSR count). The molecule has 0 saturated carbocycles. The molecule has 4 heteroatoms. The lowest BCUT2D eigenvalue weighted by Gasteiger charge is -2.09. The molecule has 80 valence electrons. The first-order valence-corrected chi connectivity index (χ1v) is 4.27. The maximum Gasteiger partial charge on any atom is 0.335 e. The van der Waals surface area contributed by atoms with Crippen molar-refractivity contribution >= 4 is 5.97 Å². The molecule has 0 aliphatic heterocycles. The van der Waals surface area contributed by atoms with Gasteiger partial charge < -0.3 is 14.2 Å². The molecule has 0 aromatic heterocycles. The fourth-order valence-electron chi connectivity index (χ4n) is 1.01. The van der Waals surface area contributed by atoms with Crippen molar-refractivity contribution in [3.05, 3.63) is 30.9 Å². The van der Waals surface area contributed by atoms with E-state index in [2.05, 4.69) is 6.58 Å². The van der Waals surface area contributed by atoms with Crippen LogP contribution in [0.1, 0.15) is 0 Å². The lowest BCUT2D eigenvalue weighted by Crippen LogP contribution is -2.04. The Labute approximate surface area is 88.1 Å². The Hall–Kier alpha value is -1.97. The largest absolute Gasteiger partial charge is 0.497 e. The summed E-state index contributed by atoms with van der Waals surface area (Å²) in [5.74, 6) is 0.817. The number of esters is 1. The summed E-state index contributed by atoms with van der Waals surface area (Å²) in [5.41, 5.74) is 0. The first-order chi connectivity index (χ1) is 7.21. The van der Waals surface area contributed by atoms with Crippen molar-refractivity contribution in [1.82, 2.24) is 0 Å². The summed E-state index contributed by atoms with van der Waals surface area (Å²) >= 11 is 0. The maximum atomic E-state index is 11.0. The van der Waals surface area contributed by atoms with E-state index in [0.717, 1.165) is 6.08 Å². The zero-order valence-electron chi connectivity index (χ0n) is 8.65. The van der Waals surface area contributed by atoms with Crippen LogP contribution in [0.3, 0.4) is 0 Å². The average molecular weight is 208 g/mol. The van der Waals surface area contributed by atoms with Crippen LogP contribution in [0.2, 0.25) is 0 Å². The molecular weight excluding hydrogens is 196 g/mol. The number of rotatable bonds is 4. The number of hydrogen-bond acceptors (Lipinski definition) is 4. The molecule has 0 fully saturated rings. The number of hydrogen-bond donors (Lipinski definition) is 0. The van der Waals surface area contributed by atoms with E-state index in [1.807, 2.05) is 0 Å². The van der Waals surface area contributed by atoms with Gasteiger partial charge in [0.1, 0.15) is 5.75 Å². The highest BCUT2D eigenvalue weighted by atomic mass is 16.6. The van der Waals surface area contributed by atoms with Crippen LogP contribution in [0.4, 0.5) is 0 Å². The highest BCUT2D eigenvalue weighted by Gasteiger charge is 2.08. The number of benzene rings is 1. The Bertz CT molecular complexity index is 371. The van der Waals surface area contributed by atoms with Crippen LogP contribution in [0.5, 0.6) is 17.2 Å². The van der Waals surface area contributed by atoms with Crippen molar-refractivity contribution in [3.63, 3.8) is 0 Å². The summed E-state index contributed by atoms with van der Waals surface area (Å²) in [6.45, 7) is 3.31. The number of carbonyl (C=O) groups excluding carboxylic acids is 1. The van der Waals surface area contributed by atoms with Gasteiger partial charge in [0.2, 0.25) is 0 Å². The third-order valence-corrected chi connectivity index (χ3v) is 1.75. The Morgan fingerprint density at radius 2 is 2.00 bits per heavy atom. The molecule has 1 aromatic carbocycles. The van der Waals surface area contributed by atoms with Gasteiger partial charge in [-0.25, -0.2) is 4.79 Å². The van der Waals surface area contributed by atoms with E-state index in [1.54, 1.807) is 18.2 Å². The van der Waals surface area contributed by atoms with E-state index in [9.17, 15) is 4.79 Å². The van der Waals surface area contributed by atoms with Crippen molar-refractivity contribution in [2.75, 3.05) is 14.2 Å². The summed E-state index contributed by atoms with van der Waals surface area (Å²) in [5, 5.41) is 0. The van der Waals surface area contributed by atoms with Crippen LogP contribution in [0.15, 0.2) is 30.9 Å². The third kappa shape index (κ3) is 2.74. The lowest BCUT2D eigenvalue weighted by molar-refractivity contribution is -0.129. The van der Waals surface area contributed by atoms with E-state index >= 15 is 0 Å². The van der Waals surface area contributed by atoms with Crippen molar-refractivity contribution in [2.45, 2.75) is 0 Å². The highest BCUT2D eigenvalue weighted by Crippen LogP contribution is 2.31. The Kier molecular flexibility index (Phi) is 3.74. The maximum absolute atomic E-state index is 11.0. The van der Waals surface area contributed by atoms with E-state index in [-0.39, 0.29) is 0 Å². The van der Waals surface area contributed by atoms with Crippen LogP contribution in [0.25, 0.3) is 0 Å². The fraction of sp³-hybridized carbons (Fsp3) is 0.182. The van der Waals surface area contributed by atoms with Crippen LogP contribution < -0.4 is 14.2 Å². The first kappa shape index (κ1) is 11.1. The normalized spacial score (nSPS) is 9.20. The molecule has 0 N–H and O–H groups in total. The van der Waals surface area contributed by atoms with E-state index in [1.165, 1.54) is 14.2 Å². The quantitative estimate of drug-likeness (QED) is 0.430. The standard InChI is InChI=1S/C11H12O4/c1-4-11(12)15-10-7-8(13-2)5-6-9(10)14-3/h4-7H,1H2,2-3H3. The lowest BCUT2D eigenvalue weighted by atomic mass is 10.3. The van der Waals surface area contributed by atoms with Crippen molar-refractivity contribution in [2.24, 2.45) is 0 Å². The summed E-state index contributed by atoms with van der Waals surface area (Å²) < 4.78 is 15.0. The molecule has 0 radical (unpaired) electrons. The minimum Gasteiger partial charge on any atom is -0.497 e. The van der Waals surface area contributed by atoms with Gasteiger partial charge in [-0.15, -0.1) is 0 Å². The molecule has 0 atom stereocenters. The molecule has 4 nitrogen and oxygen atoms in total. The van der Waals surface area contributed by atoms with Gasteiger partial charge in [-0.3, -0.25) is 0 Å². The van der Waals surface area contributed by atoms with Crippen LogP contribution in [-0.2, 0) is 4.79 Å². The Morgan fingerprint density at radius 3 is 2.53 bits per heavy atom. The molecule has 15 heavy (non-hydrogen) atoms. The Morgan fingerprint density at radius 1 is 1.27 bits per heavy atom. The number of carbonyl (C=O) groups is 1. The first-order valence-electron chi connectivity index (χ1n) is 4.27. The highest BCUT2D eigenvalue weighted by molar-refractivity contribution is 5.83. The predicted molar refractivity (Wildman–Crippen MR) is 55.4 cm³/mol. The van der Waals surface area contributed by atoms with Gasteiger partial charge in [-0.2, -0.15) is 0 Å². The zero-order valence-corrected chi connectivity index (χ0v) is 8.65. The molecule has 1 aromatic rings. The summed E-state index contributed by atoms with van der Waals surface area (Å²) in [4.78, 5) is 11.0. The van der Waals surface area contributed by atoms with Gasteiger partial charge in [0, 0.05) is 12.1 Å². The van der Waals surface area contributed by atoms with E-state index < -0.39 is 5.97 Å². The van der Waals surface area contributed by atoms with E-state index in [4.69, 9.17) is 14.2 Å². The number of methoxy groups -OCH3 is 2. The van der Waals surface area contributed by atoms with Crippen molar-refractivity contribution in [1.29, 1.82) is 0 Å². The van der Waals surface area contributed by atoms with Gasteiger partial charge in [-0.1, -0.05) is 6.58 Å². The molecule has 0 heterocycles. The van der Waals surface area contributed by atoms with Gasteiger partial charge >= 0.3 is 5.97 Å². The smallest absolute Gasteiger partial charge is 0.335 e. The van der Waals surface area contributed by atoms with Gasteiger partial charge in [-0.05, 0) is 12.1 Å². The van der Waals surface area contributed by atoms with E-state index in [0.29, 0.717) is 17.2 Å². The number of ether oxygens (including phenoxy) is 3. The fourth-order valence-corrected chi connectivity index (χ4v) is 1.01.